The van der Waals surface area contributed by atoms with Crippen LogP contribution in [0.3, 0.4) is 0 Å². The number of nitrogens with one attached hydrogen (secondary N) is 2. The highest BCUT2D eigenvalue weighted by Gasteiger charge is 2.29. The summed E-state index contributed by atoms with van der Waals surface area (Å²) in [6.45, 7) is 5.75. The number of hydrogen-bond acceptors (Lipinski definition) is 4. The van der Waals surface area contributed by atoms with Gasteiger partial charge < -0.3 is 14.8 Å². The summed E-state index contributed by atoms with van der Waals surface area (Å²) in [6.07, 6.45) is 2.09. The summed E-state index contributed by atoms with van der Waals surface area (Å²) in [7, 11) is -0.896. The lowest BCUT2D eigenvalue weighted by Gasteiger charge is -2.28. The van der Waals surface area contributed by atoms with E-state index in [-0.39, 0.29) is 11.9 Å². The van der Waals surface area contributed by atoms with Crippen LogP contribution in [0.1, 0.15) is 31.9 Å². The van der Waals surface area contributed by atoms with Crippen LogP contribution in [-0.4, -0.2) is 40.9 Å². The smallest absolute Gasteiger partial charge is 0.240 e. The number of ether oxygens (including phenoxy) is 2. The van der Waals surface area contributed by atoms with Gasteiger partial charge in [0, 0.05) is 22.0 Å². The molecule has 0 fully saturated rings. The van der Waals surface area contributed by atoms with E-state index in [0.717, 1.165) is 11.1 Å². The van der Waals surface area contributed by atoms with Crippen LogP contribution in [0.5, 0.6) is 11.5 Å². The monoisotopic (exact) mass is 432 g/mol. The van der Waals surface area contributed by atoms with Gasteiger partial charge in [-0.2, -0.15) is 0 Å². The fraction of sp³-hybridized carbons (Fsp3) is 0.391. The summed E-state index contributed by atoms with van der Waals surface area (Å²) in [6, 6.07) is 15.6. The molecule has 1 amide bonds. The number of methoxy groups -OCH3 is 1. The van der Waals surface area contributed by atoms with Crippen LogP contribution < -0.4 is 19.5 Å². The standard InChI is InChI=1S/C23H32N2O4S/c1-17(24-22(26)23(2,3)25-30(5,6)27)14-19-12-13-20(21(15-19)28-4)29-16-18-10-8-7-9-11-18/h7-13,15,17H,5,14,16H2,1-4,6H3,(H,24,26)(H,25,27). The van der Waals surface area contributed by atoms with Gasteiger partial charge in [-0.25, -0.2) is 4.72 Å². The van der Waals surface area contributed by atoms with E-state index in [1.807, 2.05) is 55.5 Å². The van der Waals surface area contributed by atoms with E-state index in [2.05, 4.69) is 15.9 Å². The van der Waals surface area contributed by atoms with Gasteiger partial charge in [-0.05, 0) is 56.3 Å². The number of amides is 1. The number of hydrogen-bond donors (Lipinski definition) is 2. The van der Waals surface area contributed by atoms with Crippen molar-refractivity contribution >= 4 is 21.5 Å². The molecule has 164 valence electrons. The summed E-state index contributed by atoms with van der Waals surface area (Å²) >= 11 is 0. The molecule has 30 heavy (non-hydrogen) atoms. The van der Waals surface area contributed by atoms with Gasteiger partial charge in [0.1, 0.15) is 12.1 Å². The second-order valence-corrected chi connectivity index (χ2v) is 10.3. The van der Waals surface area contributed by atoms with E-state index in [1.165, 1.54) is 6.26 Å². The molecule has 2 unspecified atom stereocenters. The van der Waals surface area contributed by atoms with Crippen molar-refractivity contribution in [3.05, 3.63) is 59.7 Å². The molecule has 0 aliphatic carbocycles. The SMILES string of the molecule is C=S(C)(=O)NC(C)(C)C(=O)NC(C)Cc1ccc(OCc2ccccc2)c(OC)c1. The maximum Gasteiger partial charge on any atom is 0.240 e. The molecule has 0 saturated carbocycles. The largest absolute Gasteiger partial charge is 0.493 e. The number of benzene rings is 2. The van der Waals surface area contributed by atoms with Gasteiger partial charge in [0.2, 0.25) is 5.91 Å². The molecule has 0 bridgehead atoms. The van der Waals surface area contributed by atoms with Crippen molar-refractivity contribution in [1.29, 1.82) is 0 Å². The molecule has 0 aliphatic rings. The van der Waals surface area contributed by atoms with Crippen molar-refractivity contribution in [3.63, 3.8) is 0 Å². The molecule has 6 nitrogen and oxygen atoms in total. The Morgan fingerprint density at radius 3 is 2.40 bits per heavy atom. The van der Waals surface area contributed by atoms with E-state index in [1.54, 1.807) is 21.0 Å². The summed E-state index contributed by atoms with van der Waals surface area (Å²) in [5.41, 5.74) is 1.10. The van der Waals surface area contributed by atoms with Crippen LogP contribution in [-0.2, 0) is 27.5 Å². The minimum atomic E-state index is -2.50. The van der Waals surface area contributed by atoms with Crippen LogP contribution in [0, 0.1) is 0 Å². The first-order valence-corrected chi connectivity index (χ1v) is 11.9. The Hall–Kier alpha value is -2.51. The predicted molar refractivity (Wildman–Crippen MR) is 123 cm³/mol. The van der Waals surface area contributed by atoms with Gasteiger partial charge in [0.05, 0.1) is 7.11 Å². The lowest BCUT2D eigenvalue weighted by molar-refractivity contribution is -0.126. The third-order valence-electron chi connectivity index (χ3n) is 4.42. The number of carbonyl (C=O) groups excluding carboxylic acids is 1. The number of rotatable bonds is 10. The molecule has 0 aromatic heterocycles. The van der Waals surface area contributed by atoms with Crippen molar-refractivity contribution < 1.29 is 18.5 Å². The molecule has 2 aromatic carbocycles. The normalized spacial score (nSPS) is 14.4. The van der Waals surface area contributed by atoms with Gasteiger partial charge in [-0.1, -0.05) is 36.4 Å². The molecule has 0 aliphatic heterocycles. The summed E-state index contributed by atoms with van der Waals surface area (Å²) in [4.78, 5) is 12.6. The van der Waals surface area contributed by atoms with Gasteiger partial charge in [-0.3, -0.25) is 9.00 Å². The zero-order valence-corrected chi connectivity index (χ0v) is 19.2. The molecule has 2 N–H and O–H groups in total. The fourth-order valence-electron chi connectivity index (χ4n) is 3.09. The third-order valence-corrected chi connectivity index (χ3v) is 5.37. The molecular formula is C23H32N2O4S. The van der Waals surface area contributed by atoms with Gasteiger partial charge in [0.15, 0.2) is 11.5 Å². The Labute approximate surface area is 180 Å². The van der Waals surface area contributed by atoms with Crippen molar-refractivity contribution in [2.45, 2.75) is 45.4 Å². The van der Waals surface area contributed by atoms with E-state index in [4.69, 9.17) is 9.47 Å². The topological polar surface area (TPSA) is 76.7 Å². The average molecular weight is 433 g/mol. The predicted octanol–water partition coefficient (Wildman–Crippen LogP) is 2.95. The average Bonchev–Trinajstić information content (AvgIpc) is 2.65. The Bertz CT molecular complexity index is 956. The highest BCUT2D eigenvalue weighted by atomic mass is 32.2. The molecule has 2 atom stereocenters. The van der Waals surface area contributed by atoms with Crippen LogP contribution in [0.25, 0.3) is 0 Å². The Balaban J connectivity index is 1.99. The molecule has 2 aromatic rings. The first kappa shape index (κ1) is 23.8. The molecule has 0 heterocycles. The van der Waals surface area contributed by atoms with Gasteiger partial charge in [0.25, 0.3) is 0 Å². The minimum Gasteiger partial charge on any atom is -0.493 e. The van der Waals surface area contributed by atoms with Crippen LogP contribution in [0.4, 0.5) is 0 Å². The first-order valence-electron chi connectivity index (χ1n) is 9.76. The minimum absolute atomic E-state index is 0.128. The van der Waals surface area contributed by atoms with Crippen LogP contribution in [0.15, 0.2) is 48.5 Å². The lowest BCUT2D eigenvalue weighted by atomic mass is 10.0. The Kier molecular flexibility index (Phi) is 7.92. The summed E-state index contributed by atoms with van der Waals surface area (Å²) in [5, 5.41) is 2.96. The zero-order valence-electron chi connectivity index (χ0n) is 18.4. The third kappa shape index (κ3) is 7.39. The van der Waals surface area contributed by atoms with E-state index in [0.29, 0.717) is 24.5 Å². The van der Waals surface area contributed by atoms with E-state index >= 15 is 0 Å². The van der Waals surface area contributed by atoms with Crippen LogP contribution in [0.2, 0.25) is 0 Å². The van der Waals surface area contributed by atoms with Crippen molar-refractivity contribution in [2.75, 3.05) is 13.4 Å². The molecular weight excluding hydrogens is 400 g/mol. The second-order valence-electron chi connectivity index (χ2n) is 8.07. The van der Waals surface area contributed by atoms with Crippen LogP contribution >= 0.6 is 0 Å². The quantitative estimate of drug-likeness (QED) is 0.566. The molecule has 2 rings (SSSR count). The van der Waals surface area contributed by atoms with Crippen molar-refractivity contribution in [2.24, 2.45) is 0 Å². The second kappa shape index (κ2) is 10.00. The van der Waals surface area contributed by atoms with E-state index in [9.17, 15) is 9.00 Å². The highest BCUT2D eigenvalue weighted by Crippen LogP contribution is 2.29. The van der Waals surface area contributed by atoms with E-state index < -0.39 is 15.2 Å². The highest BCUT2D eigenvalue weighted by molar-refractivity contribution is 7.97. The van der Waals surface area contributed by atoms with Crippen molar-refractivity contribution in [1.82, 2.24) is 10.0 Å². The lowest BCUT2D eigenvalue weighted by Crippen LogP contribution is -2.56. The Morgan fingerprint density at radius 2 is 1.80 bits per heavy atom. The first-order chi connectivity index (χ1) is 14.0. The fourth-order valence-corrected chi connectivity index (χ4v) is 4.26. The molecule has 0 radical (unpaired) electrons. The maximum atomic E-state index is 12.6. The zero-order chi connectivity index (χ0) is 22.4. The maximum absolute atomic E-state index is 12.6. The molecule has 0 spiro atoms. The number of carbonyl (C=O) groups is 1. The molecule has 0 saturated heterocycles. The summed E-state index contributed by atoms with van der Waals surface area (Å²) < 4.78 is 26.1. The molecule has 7 heteroatoms. The van der Waals surface area contributed by atoms with Gasteiger partial charge >= 0.3 is 0 Å². The van der Waals surface area contributed by atoms with Crippen molar-refractivity contribution in [3.8, 4) is 11.5 Å². The Morgan fingerprint density at radius 1 is 1.13 bits per heavy atom. The summed E-state index contributed by atoms with van der Waals surface area (Å²) in [5.74, 6) is 4.64. The van der Waals surface area contributed by atoms with Gasteiger partial charge in [-0.15, -0.1) is 0 Å².